The minimum atomic E-state index is -0.783. The molecule has 0 radical (unpaired) electrons. The fourth-order valence-corrected chi connectivity index (χ4v) is 2.42. The number of thiazole rings is 1. The molecular weight excluding hydrogens is 238 g/mol. The molecule has 1 fully saturated rings. The van der Waals surface area contributed by atoms with Gasteiger partial charge in [-0.15, -0.1) is 11.3 Å². The third-order valence-electron chi connectivity index (χ3n) is 2.70. The first kappa shape index (κ1) is 12.0. The summed E-state index contributed by atoms with van der Waals surface area (Å²) in [6.45, 7) is 5.74. The summed E-state index contributed by atoms with van der Waals surface area (Å²) in [5, 5.41) is 5.61. The van der Waals surface area contributed by atoms with Crippen molar-refractivity contribution >= 4 is 23.3 Å². The molecule has 0 aliphatic carbocycles. The third kappa shape index (κ3) is 2.31. The molecule has 1 aliphatic rings. The molecule has 0 atom stereocenters. The number of amides is 3. The molecule has 1 saturated heterocycles. The highest BCUT2D eigenvalue weighted by atomic mass is 32.1. The second kappa shape index (κ2) is 4.10. The molecule has 2 rings (SSSR count). The topological polar surface area (TPSA) is 62.3 Å². The summed E-state index contributed by atoms with van der Waals surface area (Å²) in [5.74, 6) is -0.172. The first-order valence-corrected chi connectivity index (χ1v) is 6.33. The highest BCUT2D eigenvalue weighted by Gasteiger charge is 2.43. The molecular formula is C11H15N3O2S. The first-order chi connectivity index (χ1) is 7.90. The van der Waals surface area contributed by atoms with Crippen LogP contribution in [0.3, 0.4) is 0 Å². The summed E-state index contributed by atoms with van der Waals surface area (Å²) in [6, 6.07) is -0.313. The molecule has 0 spiro atoms. The van der Waals surface area contributed by atoms with E-state index in [1.54, 1.807) is 25.2 Å². The quantitative estimate of drug-likeness (QED) is 0.826. The Bertz CT molecular complexity index is 467. The van der Waals surface area contributed by atoms with E-state index in [0.717, 1.165) is 10.7 Å². The molecule has 0 saturated carbocycles. The van der Waals surface area contributed by atoms with Crippen LogP contribution < -0.4 is 5.32 Å². The van der Waals surface area contributed by atoms with Crippen molar-refractivity contribution in [2.24, 2.45) is 0 Å². The fourth-order valence-electron chi connectivity index (χ4n) is 1.77. The first-order valence-electron chi connectivity index (χ1n) is 5.45. The summed E-state index contributed by atoms with van der Waals surface area (Å²) in [4.78, 5) is 29.1. The number of aryl methyl sites for hydroxylation is 1. The average molecular weight is 253 g/mol. The van der Waals surface area contributed by atoms with E-state index in [1.807, 2.05) is 12.3 Å². The van der Waals surface area contributed by atoms with Crippen LogP contribution in [0.1, 0.15) is 24.5 Å². The van der Waals surface area contributed by atoms with Gasteiger partial charge in [0.1, 0.15) is 5.54 Å². The Balaban J connectivity index is 2.00. The molecule has 1 N–H and O–H groups in total. The Morgan fingerprint density at radius 3 is 2.65 bits per heavy atom. The van der Waals surface area contributed by atoms with Crippen molar-refractivity contribution < 1.29 is 9.59 Å². The molecule has 1 aromatic rings. The van der Waals surface area contributed by atoms with Crippen molar-refractivity contribution in [3.63, 3.8) is 0 Å². The van der Waals surface area contributed by atoms with Gasteiger partial charge in [0.05, 0.1) is 10.7 Å². The van der Waals surface area contributed by atoms with Crippen molar-refractivity contribution in [2.75, 3.05) is 6.54 Å². The van der Waals surface area contributed by atoms with Crippen molar-refractivity contribution in [1.82, 2.24) is 15.2 Å². The number of rotatable bonds is 3. The predicted octanol–water partition coefficient (Wildman–Crippen LogP) is 1.32. The lowest BCUT2D eigenvalue weighted by atomic mass is 10.1. The largest absolute Gasteiger partial charge is 0.325 e. The summed E-state index contributed by atoms with van der Waals surface area (Å²) in [6.07, 6.45) is 0.611. The Morgan fingerprint density at radius 1 is 1.47 bits per heavy atom. The number of nitrogens with zero attached hydrogens (tertiary/aromatic N) is 2. The van der Waals surface area contributed by atoms with Crippen LogP contribution in [-0.2, 0) is 11.2 Å². The van der Waals surface area contributed by atoms with Gasteiger partial charge in [-0.2, -0.15) is 0 Å². The van der Waals surface area contributed by atoms with Gasteiger partial charge in [-0.3, -0.25) is 9.69 Å². The number of urea groups is 1. The van der Waals surface area contributed by atoms with Crippen LogP contribution in [-0.4, -0.2) is 33.9 Å². The number of nitrogens with one attached hydrogen (secondary N) is 1. The molecule has 1 aliphatic heterocycles. The Labute approximate surface area is 104 Å². The van der Waals surface area contributed by atoms with Gasteiger partial charge in [-0.05, 0) is 20.8 Å². The lowest BCUT2D eigenvalue weighted by molar-refractivity contribution is -0.130. The molecule has 5 nitrogen and oxygen atoms in total. The van der Waals surface area contributed by atoms with E-state index in [1.165, 1.54) is 4.90 Å². The molecule has 17 heavy (non-hydrogen) atoms. The lowest BCUT2D eigenvalue weighted by Crippen LogP contribution is -2.40. The smallest absolute Gasteiger partial charge is 0.324 e. The standard InChI is InChI=1S/C11H15N3O2S/c1-7-12-8(6-17-7)4-5-14-9(15)11(2,3)13-10(14)16/h6H,4-5H2,1-3H3,(H,13,16). The minimum Gasteiger partial charge on any atom is -0.324 e. The van der Waals surface area contributed by atoms with Crippen LogP contribution in [0.25, 0.3) is 0 Å². The van der Waals surface area contributed by atoms with Crippen molar-refractivity contribution in [2.45, 2.75) is 32.7 Å². The molecule has 0 unspecified atom stereocenters. The van der Waals surface area contributed by atoms with Crippen molar-refractivity contribution in [1.29, 1.82) is 0 Å². The molecule has 0 bridgehead atoms. The number of hydrogen-bond donors (Lipinski definition) is 1. The lowest BCUT2D eigenvalue weighted by Gasteiger charge is -2.15. The van der Waals surface area contributed by atoms with Crippen LogP contribution in [0, 0.1) is 6.92 Å². The molecule has 0 aromatic carbocycles. The van der Waals surface area contributed by atoms with Gasteiger partial charge in [-0.25, -0.2) is 9.78 Å². The van der Waals surface area contributed by atoms with Gasteiger partial charge in [0.2, 0.25) is 0 Å². The number of imide groups is 1. The zero-order valence-corrected chi connectivity index (χ0v) is 10.9. The van der Waals surface area contributed by atoms with E-state index in [9.17, 15) is 9.59 Å². The summed E-state index contributed by atoms with van der Waals surface area (Å²) in [7, 11) is 0. The fraction of sp³-hybridized carbons (Fsp3) is 0.545. The number of carbonyl (C=O) groups excluding carboxylic acids is 2. The van der Waals surface area contributed by atoms with Gasteiger partial charge >= 0.3 is 6.03 Å². The van der Waals surface area contributed by atoms with Crippen molar-refractivity contribution in [3.8, 4) is 0 Å². The van der Waals surface area contributed by atoms with E-state index < -0.39 is 5.54 Å². The number of hydrogen-bond acceptors (Lipinski definition) is 4. The SMILES string of the molecule is Cc1nc(CCN2C(=O)NC(C)(C)C2=O)cs1. The Kier molecular flexibility index (Phi) is 2.91. The molecule has 6 heteroatoms. The average Bonchev–Trinajstić information content (AvgIpc) is 2.70. The van der Waals surface area contributed by atoms with Crippen molar-refractivity contribution in [3.05, 3.63) is 16.1 Å². The van der Waals surface area contributed by atoms with E-state index in [4.69, 9.17) is 0 Å². The van der Waals surface area contributed by atoms with Gasteiger partial charge < -0.3 is 5.32 Å². The molecule has 2 heterocycles. The van der Waals surface area contributed by atoms with Gasteiger partial charge in [-0.1, -0.05) is 0 Å². The summed E-state index contributed by atoms with van der Waals surface area (Å²) in [5.41, 5.74) is 0.146. The molecule has 3 amide bonds. The third-order valence-corrected chi connectivity index (χ3v) is 3.52. The minimum absolute atomic E-state index is 0.172. The molecule has 92 valence electrons. The summed E-state index contributed by atoms with van der Waals surface area (Å²) >= 11 is 1.57. The van der Waals surface area contributed by atoms with Crippen LogP contribution in [0.4, 0.5) is 4.79 Å². The number of aromatic nitrogens is 1. The maximum Gasteiger partial charge on any atom is 0.325 e. The van der Waals surface area contributed by atoms with Gasteiger partial charge in [0, 0.05) is 18.3 Å². The van der Waals surface area contributed by atoms with Crippen LogP contribution in [0.15, 0.2) is 5.38 Å². The summed E-state index contributed by atoms with van der Waals surface area (Å²) < 4.78 is 0. The van der Waals surface area contributed by atoms with Crippen LogP contribution in [0.2, 0.25) is 0 Å². The highest BCUT2D eigenvalue weighted by molar-refractivity contribution is 7.09. The zero-order chi connectivity index (χ0) is 12.6. The van der Waals surface area contributed by atoms with Gasteiger partial charge in [0.25, 0.3) is 5.91 Å². The molecule has 1 aromatic heterocycles. The second-order valence-corrected chi connectivity index (χ2v) is 5.68. The maximum atomic E-state index is 11.9. The highest BCUT2D eigenvalue weighted by Crippen LogP contribution is 2.17. The van der Waals surface area contributed by atoms with Crippen LogP contribution in [0.5, 0.6) is 0 Å². The normalized spacial score (nSPS) is 18.6. The van der Waals surface area contributed by atoms with E-state index in [0.29, 0.717) is 13.0 Å². The maximum absolute atomic E-state index is 11.9. The Morgan fingerprint density at radius 2 is 2.18 bits per heavy atom. The van der Waals surface area contributed by atoms with E-state index >= 15 is 0 Å². The monoisotopic (exact) mass is 253 g/mol. The predicted molar refractivity (Wildman–Crippen MR) is 64.9 cm³/mol. The second-order valence-electron chi connectivity index (χ2n) is 4.62. The zero-order valence-electron chi connectivity index (χ0n) is 10.1. The van der Waals surface area contributed by atoms with Crippen LogP contribution >= 0.6 is 11.3 Å². The van der Waals surface area contributed by atoms with E-state index in [2.05, 4.69) is 10.3 Å². The van der Waals surface area contributed by atoms with Gasteiger partial charge in [0.15, 0.2) is 0 Å². The Hall–Kier alpha value is -1.43. The number of carbonyl (C=O) groups is 2. The van der Waals surface area contributed by atoms with E-state index in [-0.39, 0.29) is 11.9 Å².